The molecule has 0 aromatic rings. The van der Waals surface area contributed by atoms with Crippen LogP contribution >= 0.6 is 15.9 Å². The van der Waals surface area contributed by atoms with Crippen LogP contribution in [0.3, 0.4) is 0 Å². The second kappa shape index (κ2) is 4.26. The molecule has 0 aromatic heterocycles. The van der Waals surface area contributed by atoms with E-state index in [1.54, 1.807) is 0 Å². The maximum absolute atomic E-state index is 10.1. The summed E-state index contributed by atoms with van der Waals surface area (Å²) >= 11 is 2.82. The quantitative estimate of drug-likeness (QED) is 0.284. The van der Waals surface area contributed by atoms with Crippen LogP contribution in [0.1, 0.15) is 6.92 Å². The minimum Gasteiger partial charge on any atom is -0.433 e. The summed E-state index contributed by atoms with van der Waals surface area (Å²) in [6, 6.07) is 0. The van der Waals surface area contributed by atoms with Crippen molar-refractivity contribution in [3.05, 3.63) is 10.7 Å². The fraction of sp³-hybridized carbons (Fsp3) is 0.200. The number of esters is 1. The van der Waals surface area contributed by atoms with Crippen molar-refractivity contribution < 1.29 is 14.3 Å². The molecular weight excluding hydrogens is 188 g/mol. The zero-order valence-corrected chi connectivity index (χ0v) is 6.34. The highest BCUT2D eigenvalue weighted by atomic mass is 79.9. The van der Waals surface area contributed by atoms with E-state index < -0.39 is 5.97 Å². The maximum atomic E-state index is 10.1. The van der Waals surface area contributed by atoms with Crippen LogP contribution in [0.2, 0.25) is 0 Å². The van der Waals surface area contributed by atoms with Gasteiger partial charge in [-0.1, -0.05) is 0 Å². The summed E-state index contributed by atoms with van der Waals surface area (Å²) in [5, 5.41) is 0. The van der Waals surface area contributed by atoms with E-state index in [-0.39, 0.29) is 4.48 Å². The number of aldehydes is 1. The minimum absolute atomic E-state index is 0.206. The van der Waals surface area contributed by atoms with Gasteiger partial charge >= 0.3 is 5.97 Å². The van der Waals surface area contributed by atoms with Crippen LogP contribution in [-0.4, -0.2) is 12.3 Å². The number of carbonyl (C=O) groups excluding carboxylic acids is 2. The molecule has 0 bridgehead atoms. The molecule has 0 atom stereocenters. The zero-order valence-electron chi connectivity index (χ0n) is 4.76. The van der Waals surface area contributed by atoms with Gasteiger partial charge in [-0.05, 0) is 15.9 Å². The van der Waals surface area contributed by atoms with E-state index in [0.717, 1.165) is 6.26 Å². The molecule has 9 heavy (non-hydrogen) atoms. The summed E-state index contributed by atoms with van der Waals surface area (Å²) in [7, 11) is 0. The molecule has 4 heteroatoms. The van der Waals surface area contributed by atoms with E-state index in [4.69, 9.17) is 0 Å². The summed E-state index contributed by atoms with van der Waals surface area (Å²) in [6.07, 6.45) is 1.57. The lowest BCUT2D eigenvalue weighted by Crippen LogP contribution is -1.90. The third-order valence-electron chi connectivity index (χ3n) is 0.450. The summed E-state index contributed by atoms with van der Waals surface area (Å²) in [6.45, 7) is 1.25. The number of hydrogen-bond donors (Lipinski definition) is 0. The average Bonchev–Trinajstić information content (AvgIpc) is 1.83. The molecule has 0 rings (SSSR count). The Labute approximate surface area is 60.8 Å². The molecule has 0 aromatic carbocycles. The van der Waals surface area contributed by atoms with Crippen molar-refractivity contribution in [3.63, 3.8) is 0 Å². The van der Waals surface area contributed by atoms with Crippen molar-refractivity contribution in [2.75, 3.05) is 0 Å². The molecule has 0 saturated carbocycles. The van der Waals surface area contributed by atoms with Gasteiger partial charge in [-0.2, -0.15) is 0 Å². The van der Waals surface area contributed by atoms with Gasteiger partial charge in [0.1, 0.15) is 6.26 Å². The lowest BCUT2D eigenvalue weighted by molar-refractivity contribution is -0.135. The van der Waals surface area contributed by atoms with E-state index in [1.165, 1.54) is 6.92 Å². The molecule has 0 unspecified atom stereocenters. The molecule has 0 N–H and O–H groups in total. The normalized spacial score (nSPS) is 10.7. The SMILES string of the molecule is CC(=O)OC=C(Br)C=O. The molecule has 3 nitrogen and oxygen atoms in total. The van der Waals surface area contributed by atoms with Crippen LogP contribution in [0.4, 0.5) is 0 Å². The summed E-state index contributed by atoms with van der Waals surface area (Å²) in [4.78, 5) is 19.9. The van der Waals surface area contributed by atoms with Gasteiger partial charge in [0.15, 0.2) is 6.29 Å². The number of carbonyl (C=O) groups is 2. The Morgan fingerprint density at radius 2 is 2.22 bits per heavy atom. The standard InChI is InChI=1S/C5H5BrO3/c1-4(8)9-3-5(6)2-7/h2-3H,1H3. The number of allylic oxidation sites excluding steroid dienone is 1. The van der Waals surface area contributed by atoms with Crippen LogP contribution in [0.25, 0.3) is 0 Å². The first-order chi connectivity index (χ1) is 4.16. The van der Waals surface area contributed by atoms with Crippen LogP contribution in [0.5, 0.6) is 0 Å². The van der Waals surface area contributed by atoms with Gasteiger partial charge in [-0.15, -0.1) is 0 Å². The molecule has 0 heterocycles. The predicted octanol–water partition coefficient (Wildman–Crippen LogP) is 0.985. The Kier molecular flexibility index (Phi) is 3.96. The third-order valence-corrected chi connectivity index (χ3v) is 0.824. The molecule has 0 radical (unpaired) electrons. The highest BCUT2D eigenvalue weighted by Gasteiger charge is 1.89. The first-order valence-electron chi connectivity index (χ1n) is 2.15. The summed E-state index contributed by atoms with van der Waals surface area (Å²) < 4.78 is 4.52. The molecule has 0 amide bonds. The lowest BCUT2D eigenvalue weighted by Gasteiger charge is -1.88. The van der Waals surface area contributed by atoms with Gasteiger partial charge in [-0.3, -0.25) is 9.59 Å². The minimum atomic E-state index is -0.450. The Morgan fingerprint density at radius 1 is 1.67 bits per heavy atom. The Bertz CT molecular complexity index is 150. The highest BCUT2D eigenvalue weighted by Crippen LogP contribution is 1.99. The van der Waals surface area contributed by atoms with Gasteiger partial charge in [0, 0.05) is 6.92 Å². The van der Waals surface area contributed by atoms with Crippen molar-refractivity contribution in [3.8, 4) is 0 Å². The van der Waals surface area contributed by atoms with Crippen molar-refractivity contribution in [1.29, 1.82) is 0 Å². The summed E-state index contributed by atoms with van der Waals surface area (Å²) in [5.74, 6) is -0.450. The molecular formula is C5H5BrO3. The average molecular weight is 193 g/mol. The van der Waals surface area contributed by atoms with E-state index in [2.05, 4.69) is 20.7 Å². The summed E-state index contributed by atoms with van der Waals surface area (Å²) in [5.41, 5.74) is 0. The molecule has 0 aliphatic carbocycles. The van der Waals surface area contributed by atoms with Crippen LogP contribution in [-0.2, 0) is 14.3 Å². The highest BCUT2D eigenvalue weighted by molar-refractivity contribution is 9.12. The van der Waals surface area contributed by atoms with E-state index >= 15 is 0 Å². The Hall–Kier alpha value is -0.640. The van der Waals surface area contributed by atoms with E-state index in [1.807, 2.05) is 0 Å². The number of rotatable bonds is 2. The molecule has 0 saturated heterocycles. The third kappa shape index (κ3) is 5.23. The fourth-order valence-electron chi connectivity index (χ4n) is 0.167. The molecule has 0 fully saturated rings. The first-order valence-corrected chi connectivity index (χ1v) is 2.94. The van der Waals surface area contributed by atoms with Gasteiger partial charge in [0.2, 0.25) is 0 Å². The molecule has 0 aliphatic heterocycles. The van der Waals surface area contributed by atoms with Gasteiger partial charge in [-0.25, -0.2) is 0 Å². The van der Waals surface area contributed by atoms with Crippen molar-refractivity contribution in [2.45, 2.75) is 6.92 Å². The number of hydrogen-bond acceptors (Lipinski definition) is 3. The predicted molar refractivity (Wildman–Crippen MR) is 34.8 cm³/mol. The first kappa shape index (κ1) is 8.36. The van der Waals surface area contributed by atoms with E-state index in [0.29, 0.717) is 6.29 Å². The van der Waals surface area contributed by atoms with Crippen molar-refractivity contribution >= 4 is 28.2 Å². The maximum Gasteiger partial charge on any atom is 0.307 e. The van der Waals surface area contributed by atoms with E-state index in [9.17, 15) is 9.59 Å². The smallest absolute Gasteiger partial charge is 0.307 e. The number of ether oxygens (including phenoxy) is 1. The van der Waals surface area contributed by atoms with Crippen LogP contribution < -0.4 is 0 Å². The fourth-order valence-corrected chi connectivity index (χ4v) is 0.261. The second-order valence-corrected chi connectivity index (χ2v) is 2.15. The largest absolute Gasteiger partial charge is 0.433 e. The Morgan fingerprint density at radius 3 is 2.56 bits per heavy atom. The molecule has 50 valence electrons. The zero-order chi connectivity index (χ0) is 7.28. The second-order valence-electron chi connectivity index (χ2n) is 1.23. The van der Waals surface area contributed by atoms with Crippen molar-refractivity contribution in [2.24, 2.45) is 0 Å². The molecule has 0 aliphatic rings. The lowest BCUT2D eigenvalue weighted by atomic mass is 10.7. The number of halogens is 1. The van der Waals surface area contributed by atoms with Crippen LogP contribution in [0, 0.1) is 0 Å². The Balaban J connectivity index is 3.69. The monoisotopic (exact) mass is 192 g/mol. The van der Waals surface area contributed by atoms with Gasteiger partial charge in [0.25, 0.3) is 0 Å². The van der Waals surface area contributed by atoms with Gasteiger partial charge < -0.3 is 4.74 Å². The topological polar surface area (TPSA) is 43.4 Å². The van der Waals surface area contributed by atoms with Crippen molar-refractivity contribution in [1.82, 2.24) is 0 Å². The van der Waals surface area contributed by atoms with Gasteiger partial charge in [0.05, 0.1) is 4.48 Å². The molecule has 0 spiro atoms. The van der Waals surface area contributed by atoms with Crippen LogP contribution in [0.15, 0.2) is 10.7 Å².